The van der Waals surface area contributed by atoms with Gasteiger partial charge in [0.1, 0.15) is 12.0 Å². The smallest absolute Gasteiger partial charge is 0.124 e. The number of methoxy groups -OCH3 is 1. The van der Waals surface area contributed by atoms with Crippen LogP contribution in [-0.2, 0) is 17.6 Å². The minimum absolute atomic E-state index is 0.493. The molecule has 0 heterocycles. The van der Waals surface area contributed by atoms with Gasteiger partial charge in [0.25, 0.3) is 0 Å². The zero-order chi connectivity index (χ0) is 12.5. The maximum atomic E-state index is 10.6. The topological polar surface area (TPSA) is 26.3 Å². The molecule has 18 heavy (non-hydrogen) atoms. The molecule has 2 nitrogen and oxygen atoms in total. The van der Waals surface area contributed by atoms with Crippen molar-refractivity contribution in [3.63, 3.8) is 0 Å². The zero-order valence-corrected chi connectivity index (χ0v) is 10.3. The molecule has 0 atom stereocenters. The lowest BCUT2D eigenvalue weighted by Crippen LogP contribution is -1.88. The van der Waals surface area contributed by atoms with Crippen molar-refractivity contribution in [3.8, 4) is 16.9 Å². The van der Waals surface area contributed by atoms with Crippen molar-refractivity contribution in [1.82, 2.24) is 0 Å². The molecule has 0 aromatic heterocycles. The molecule has 0 amide bonds. The number of hydrogen-bond donors (Lipinski definition) is 0. The quantitative estimate of drug-likeness (QED) is 0.656. The van der Waals surface area contributed by atoms with E-state index in [1.165, 1.54) is 22.3 Å². The molecule has 2 aromatic rings. The van der Waals surface area contributed by atoms with Gasteiger partial charge in [-0.15, -0.1) is 0 Å². The molecule has 0 N–H and O–H groups in total. The molecule has 1 aliphatic rings. The molecule has 0 saturated carbocycles. The SMILES string of the molecule is COc1ccc2c(c1)Cc1cc(CC=O)ccc1-2. The van der Waals surface area contributed by atoms with Crippen LogP contribution in [0.2, 0.25) is 0 Å². The van der Waals surface area contributed by atoms with E-state index >= 15 is 0 Å². The van der Waals surface area contributed by atoms with E-state index < -0.39 is 0 Å². The molecule has 0 aliphatic heterocycles. The molecule has 90 valence electrons. The molecule has 0 saturated heterocycles. The van der Waals surface area contributed by atoms with Crippen molar-refractivity contribution in [2.45, 2.75) is 12.8 Å². The predicted octanol–water partition coefficient (Wildman–Crippen LogP) is 3.01. The number of rotatable bonds is 3. The van der Waals surface area contributed by atoms with Gasteiger partial charge in [0.15, 0.2) is 0 Å². The zero-order valence-electron chi connectivity index (χ0n) is 10.3. The van der Waals surface area contributed by atoms with Crippen molar-refractivity contribution < 1.29 is 9.53 Å². The summed E-state index contributed by atoms with van der Waals surface area (Å²) in [6.45, 7) is 0. The van der Waals surface area contributed by atoms with Gasteiger partial charge in [0, 0.05) is 6.42 Å². The molecule has 2 aromatic carbocycles. The Kier molecular flexibility index (Phi) is 2.63. The number of benzene rings is 2. The van der Waals surface area contributed by atoms with Crippen molar-refractivity contribution in [1.29, 1.82) is 0 Å². The van der Waals surface area contributed by atoms with Crippen LogP contribution in [0.5, 0.6) is 5.75 Å². The molecule has 0 bridgehead atoms. The highest BCUT2D eigenvalue weighted by Crippen LogP contribution is 2.38. The predicted molar refractivity (Wildman–Crippen MR) is 71.0 cm³/mol. The molecule has 3 rings (SSSR count). The van der Waals surface area contributed by atoms with E-state index in [9.17, 15) is 4.79 Å². The van der Waals surface area contributed by atoms with Crippen molar-refractivity contribution >= 4 is 6.29 Å². The van der Waals surface area contributed by atoms with Crippen molar-refractivity contribution in [2.24, 2.45) is 0 Å². The first-order valence-electron chi connectivity index (χ1n) is 6.04. The van der Waals surface area contributed by atoms with Gasteiger partial charge in [-0.2, -0.15) is 0 Å². The van der Waals surface area contributed by atoms with Gasteiger partial charge >= 0.3 is 0 Å². The van der Waals surface area contributed by atoms with Crippen molar-refractivity contribution in [2.75, 3.05) is 7.11 Å². The van der Waals surface area contributed by atoms with Crippen LogP contribution in [0.1, 0.15) is 16.7 Å². The maximum Gasteiger partial charge on any atom is 0.124 e. The van der Waals surface area contributed by atoms with Gasteiger partial charge in [-0.25, -0.2) is 0 Å². The summed E-state index contributed by atoms with van der Waals surface area (Å²) in [5.41, 5.74) is 6.25. The first kappa shape index (κ1) is 11.0. The first-order chi connectivity index (χ1) is 8.81. The number of ether oxygens (including phenoxy) is 1. The molecule has 0 fully saturated rings. The largest absolute Gasteiger partial charge is 0.497 e. The Bertz CT molecular complexity index is 614. The van der Waals surface area contributed by atoms with E-state index in [-0.39, 0.29) is 0 Å². The van der Waals surface area contributed by atoms with Gasteiger partial charge in [-0.3, -0.25) is 0 Å². The van der Waals surface area contributed by atoms with E-state index in [0.717, 1.165) is 24.0 Å². The third-order valence-electron chi connectivity index (χ3n) is 3.47. The number of fused-ring (bicyclic) bond motifs is 3. The molecular formula is C16H14O2. The monoisotopic (exact) mass is 238 g/mol. The minimum atomic E-state index is 0.493. The number of aldehydes is 1. The van der Waals surface area contributed by atoms with Crippen LogP contribution in [0.4, 0.5) is 0 Å². The average Bonchev–Trinajstić information content (AvgIpc) is 2.75. The van der Waals surface area contributed by atoms with Gasteiger partial charge in [-0.05, 0) is 46.4 Å². The molecule has 0 radical (unpaired) electrons. The van der Waals surface area contributed by atoms with Crippen LogP contribution in [-0.4, -0.2) is 13.4 Å². The fourth-order valence-corrected chi connectivity index (χ4v) is 2.59. The van der Waals surface area contributed by atoms with Crippen LogP contribution in [0.25, 0.3) is 11.1 Å². The van der Waals surface area contributed by atoms with Crippen LogP contribution in [0, 0.1) is 0 Å². The maximum absolute atomic E-state index is 10.6. The summed E-state index contributed by atoms with van der Waals surface area (Å²) in [5.74, 6) is 0.898. The number of hydrogen-bond acceptors (Lipinski definition) is 2. The summed E-state index contributed by atoms with van der Waals surface area (Å²) in [7, 11) is 1.69. The van der Waals surface area contributed by atoms with E-state index in [0.29, 0.717) is 6.42 Å². The molecular weight excluding hydrogens is 224 g/mol. The van der Waals surface area contributed by atoms with E-state index in [4.69, 9.17) is 4.74 Å². The van der Waals surface area contributed by atoms with E-state index in [2.05, 4.69) is 24.3 Å². The Morgan fingerprint density at radius 1 is 1.11 bits per heavy atom. The lowest BCUT2D eigenvalue weighted by molar-refractivity contribution is -0.107. The average molecular weight is 238 g/mol. The third-order valence-corrected chi connectivity index (χ3v) is 3.47. The summed E-state index contributed by atoms with van der Waals surface area (Å²) in [5, 5.41) is 0. The second-order valence-corrected chi connectivity index (χ2v) is 4.56. The van der Waals surface area contributed by atoms with Gasteiger partial charge in [-0.1, -0.05) is 24.3 Å². The Labute approximate surface area is 106 Å². The Hall–Kier alpha value is -2.09. The molecule has 2 heteroatoms. The van der Waals surface area contributed by atoms with Gasteiger partial charge in [0.2, 0.25) is 0 Å². The Morgan fingerprint density at radius 2 is 1.83 bits per heavy atom. The highest BCUT2D eigenvalue weighted by Gasteiger charge is 2.18. The highest BCUT2D eigenvalue weighted by atomic mass is 16.5. The minimum Gasteiger partial charge on any atom is -0.497 e. The second kappa shape index (κ2) is 4.30. The lowest BCUT2D eigenvalue weighted by Gasteiger charge is -2.04. The Morgan fingerprint density at radius 3 is 2.56 bits per heavy atom. The van der Waals surface area contributed by atoms with Crippen LogP contribution < -0.4 is 4.74 Å². The summed E-state index contributed by atoms with van der Waals surface area (Å²) in [6, 6.07) is 12.5. The summed E-state index contributed by atoms with van der Waals surface area (Å²) in [6.07, 6.45) is 2.37. The fraction of sp³-hybridized carbons (Fsp3) is 0.188. The Balaban J connectivity index is 2.04. The van der Waals surface area contributed by atoms with Crippen molar-refractivity contribution in [3.05, 3.63) is 53.1 Å². The van der Waals surface area contributed by atoms with E-state index in [1.807, 2.05) is 12.1 Å². The van der Waals surface area contributed by atoms with E-state index in [1.54, 1.807) is 7.11 Å². The van der Waals surface area contributed by atoms with Crippen LogP contribution in [0.3, 0.4) is 0 Å². The van der Waals surface area contributed by atoms with Crippen LogP contribution in [0.15, 0.2) is 36.4 Å². The first-order valence-corrected chi connectivity index (χ1v) is 6.04. The molecule has 0 unspecified atom stereocenters. The van der Waals surface area contributed by atoms with Crippen LogP contribution >= 0.6 is 0 Å². The lowest BCUT2D eigenvalue weighted by atomic mass is 10.0. The summed E-state index contributed by atoms with van der Waals surface area (Å²) >= 11 is 0. The molecule has 0 spiro atoms. The number of carbonyl (C=O) groups excluding carboxylic acids is 1. The summed E-state index contributed by atoms with van der Waals surface area (Å²) in [4.78, 5) is 10.6. The standard InChI is InChI=1S/C16H14O2/c1-18-14-3-5-16-13(10-14)9-12-8-11(6-7-17)2-4-15(12)16/h2-5,7-8,10H,6,9H2,1H3. The third kappa shape index (κ3) is 1.70. The summed E-state index contributed by atoms with van der Waals surface area (Å²) < 4.78 is 5.25. The molecule has 1 aliphatic carbocycles. The fourth-order valence-electron chi connectivity index (χ4n) is 2.59. The van der Waals surface area contributed by atoms with Gasteiger partial charge in [0.05, 0.1) is 7.11 Å². The highest BCUT2D eigenvalue weighted by molar-refractivity contribution is 5.78. The second-order valence-electron chi connectivity index (χ2n) is 4.56. The number of carbonyl (C=O) groups is 1. The van der Waals surface area contributed by atoms with Gasteiger partial charge < -0.3 is 9.53 Å². The normalized spacial score (nSPS) is 11.8.